The van der Waals surface area contributed by atoms with E-state index in [4.69, 9.17) is 5.11 Å². The first-order chi connectivity index (χ1) is 17.2. The minimum absolute atomic E-state index is 0.0178. The lowest BCUT2D eigenvalue weighted by Gasteiger charge is -2.15. The number of anilines is 2. The molecule has 1 heterocycles. The monoisotopic (exact) mass is 488 g/mol. The maximum Gasteiger partial charge on any atom is 0.306 e. The Morgan fingerprint density at radius 2 is 1.42 bits per heavy atom. The van der Waals surface area contributed by atoms with E-state index in [2.05, 4.69) is 10.6 Å². The van der Waals surface area contributed by atoms with Gasteiger partial charge in [0.25, 0.3) is 0 Å². The molecule has 0 spiro atoms. The van der Waals surface area contributed by atoms with Crippen LogP contribution in [0.2, 0.25) is 0 Å². The van der Waals surface area contributed by atoms with E-state index < -0.39 is 35.4 Å². The Morgan fingerprint density at radius 3 is 2.00 bits per heavy atom. The third-order valence-corrected chi connectivity index (χ3v) is 6.07. The fraction of sp³-hybridized carbons (Fsp3) is 0.179. The standard InChI is InChI=1S/C28H25FN2O5/c1-16(28(35)36)12-13-23(32)17-6-4-7-18(14-17)25(33)24(26(34)19-8-5-9-20(29)15-19)27-30-21-10-2-3-11-22(21)31-27/h2-11,14-16,23,30-32H,12-13H2,1H3,(H,35,36). The Labute approximate surface area is 207 Å². The van der Waals surface area contributed by atoms with Gasteiger partial charge in [-0.15, -0.1) is 0 Å². The van der Waals surface area contributed by atoms with Gasteiger partial charge in [-0.3, -0.25) is 14.4 Å². The summed E-state index contributed by atoms with van der Waals surface area (Å²) in [6.45, 7) is 1.56. The largest absolute Gasteiger partial charge is 0.481 e. The van der Waals surface area contributed by atoms with Crippen molar-refractivity contribution < 1.29 is 29.0 Å². The number of rotatable bonds is 9. The van der Waals surface area contributed by atoms with Crippen molar-refractivity contribution in [2.24, 2.45) is 5.92 Å². The normalized spacial score (nSPS) is 13.7. The van der Waals surface area contributed by atoms with Crippen molar-refractivity contribution in [1.29, 1.82) is 0 Å². The number of allylic oxidation sites excluding steroid dienone is 1. The zero-order chi connectivity index (χ0) is 25.8. The fourth-order valence-electron chi connectivity index (χ4n) is 3.96. The Morgan fingerprint density at radius 1 is 0.833 bits per heavy atom. The topological polar surface area (TPSA) is 116 Å². The van der Waals surface area contributed by atoms with Crippen molar-refractivity contribution in [3.63, 3.8) is 0 Å². The number of halogens is 1. The number of Topliss-reactive ketones (excluding diaryl/α,β-unsaturated/α-hetero) is 2. The quantitative estimate of drug-likeness (QED) is 0.142. The summed E-state index contributed by atoms with van der Waals surface area (Å²) in [6, 6.07) is 18.6. The van der Waals surface area contributed by atoms with Crippen molar-refractivity contribution in [3.8, 4) is 0 Å². The van der Waals surface area contributed by atoms with Crippen LogP contribution in [0, 0.1) is 11.7 Å². The van der Waals surface area contributed by atoms with Gasteiger partial charge in [-0.25, -0.2) is 4.39 Å². The van der Waals surface area contributed by atoms with E-state index in [-0.39, 0.29) is 35.4 Å². The van der Waals surface area contributed by atoms with Crippen LogP contribution in [-0.4, -0.2) is 27.7 Å². The Kier molecular flexibility index (Phi) is 7.26. The van der Waals surface area contributed by atoms with Crippen LogP contribution in [0.15, 0.2) is 84.2 Å². The van der Waals surface area contributed by atoms with Crippen molar-refractivity contribution in [3.05, 3.63) is 107 Å². The zero-order valence-electron chi connectivity index (χ0n) is 19.5. The number of aliphatic hydroxyl groups excluding tert-OH is 1. The van der Waals surface area contributed by atoms with Crippen molar-refractivity contribution in [2.75, 3.05) is 10.6 Å². The molecule has 0 aromatic heterocycles. The van der Waals surface area contributed by atoms with Gasteiger partial charge in [-0.2, -0.15) is 0 Å². The van der Waals surface area contributed by atoms with E-state index in [1.54, 1.807) is 31.2 Å². The van der Waals surface area contributed by atoms with Crippen LogP contribution in [0.3, 0.4) is 0 Å². The summed E-state index contributed by atoms with van der Waals surface area (Å²) < 4.78 is 13.9. The molecule has 4 N–H and O–H groups in total. The molecule has 1 aliphatic rings. The van der Waals surface area contributed by atoms with Crippen LogP contribution in [0.5, 0.6) is 0 Å². The van der Waals surface area contributed by atoms with Gasteiger partial charge in [0.05, 0.1) is 23.4 Å². The lowest BCUT2D eigenvalue weighted by molar-refractivity contribution is -0.141. The summed E-state index contributed by atoms with van der Waals surface area (Å²) >= 11 is 0. The van der Waals surface area contributed by atoms with Gasteiger partial charge in [-0.05, 0) is 48.7 Å². The summed E-state index contributed by atoms with van der Waals surface area (Å²) in [4.78, 5) is 38.3. The number of carbonyl (C=O) groups is 3. The van der Waals surface area contributed by atoms with E-state index in [1.165, 1.54) is 30.3 Å². The number of carboxylic acids is 1. The zero-order valence-corrected chi connectivity index (χ0v) is 19.5. The Balaban J connectivity index is 1.69. The van der Waals surface area contributed by atoms with E-state index in [0.29, 0.717) is 16.9 Å². The number of hydrogen-bond donors (Lipinski definition) is 4. The first-order valence-electron chi connectivity index (χ1n) is 11.5. The molecule has 36 heavy (non-hydrogen) atoms. The second-order valence-corrected chi connectivity index (χ2v) is 8.67. The second kappa shape index (κ2) is 10.5. The molecule has 0 amide bonds. The smallest absolute Gasteiger partial charge is 0.306 e. The molecule has 3 aromatic carbocycles. The van der Waals surface area contributed by atoms with Crippen molar-refractivity contribution in [1.82, 2.24) is 0 Å². The van der Waals surface area contributed by atoms with Gasteiger partial charge >= 0.3 is 5.97 Å². The molecule has 0 aliphatic carbocycles. The number of aliphatic hydroxyl groups is 1. The first-order valence-corrected chi connectivity index (χ1v) is 11.5. The Hall–Kier alpha value is -4.30. The molecule has 1 aliphatic heterocycles. The number of fused-ring (bicyclic) bond motifs is 1. The average molecular weight is 489 g/mol. The van der Waals surface area contributed by atoms with Gasteiger partial charge in [-0.1, -0.05) is 49.4 Å². The molecule has 8 heteroatoms. The number of benzene rings is 3. The number of carboxylic acid groups (broad SMARTS) is 1. The van der Waals surface area contributed by atoms with Gasteiger partial charge in [0.15, 0.2) is 0 Å². The van der Waals surface area contributed by atoms with E-state index in [1.807, 2.05) is 12.1 Å². The second-order valence-electron chi connectivity index (χ2n) is 8.67. The van der Waals surface area contributed by atoms with Crippen LogP contribution in [0.25, 0.3) is 0 Å². The van der Waals surface area contributed by atoms with Crippen molar-refractivity contribution >= 4 is 28.9 Å². The van der Waals surface area contributed by atoms with Crippen LogP contribution in [0.1, 0.15) is 52.1 Å². The number of aliphatic carboxylic acids is 1. The number of ketones is 2. The highest BCUT2D eigenvalue weighted by Gasteiger charge is 2.29. The molecule has 0 saturated carbocycles. The highest BCUT2D eigenvalue weighted by Crippen LogP contribution is 2.33. The molecule has 4 rings (SSSR count). The lowest BCUT2D eigenvalue weighted by Crippen LogP contribution is -2.21. The predicted octanol–water partition coefficient (Wildman–Crippen LogP) is 5.17. The van der Waals surface area contributed by atoms with E-state index >= 15 is 0 Å². The average Bonchev–Trinajstić information content (AvgIpc) is 3.30. The molecule has 7 nitrogen and oxygen atoms in total. The summed E-state index contributed by atoms with van der Waals surface area (Å²) in [6.07, 6.45) is -0.532. The van der Waals surface area contributed by atoms with Gasteiger partial charge in [0.1, 0.15) is 17.2 Å². The van der Waals surface area contributed by atoms with Crippen LogP contribution < -0.4 is 10.6 Å². The molecule has 184 valence electrons. The van der Waals surface area contributed by atoms with Crippen LogP contribution >= 0.6 is 0 Å². The third kappa shape index (κ3) is 5.34. The minimum atomic E-state index is -0.985. The third-order valence-electron chi connectivity index (χ3n) is 6.07. The van der Waals surface area contributed by atoms with E-state index in [9.17, 15) is 23.9 Å². The van der Waals surface area contributed by atoms with Gasteiger partial charge in [0.2, 0.25) is 11.6 Å². The van der Waals surface area contributed by atoms with Crippen LogP contribution in [-0.2, 0) is 4.79 Å². The minimum Gasteiger partial charge on any atom is -0.481 e. The molecule has 0 fully saturated rings. The van der Waals surface area contributed by atoms with E-state index in [0.717, 1.165) is 6.07 Å². The number of para-hydroxylation sites is 2. The summed E-state index contributed by atoms with van der Waals surface area (Å²) in [5.41, 5.74) is 1.76. The molecule has 2 atom stereocenters. The highest BCUT2D eigenvalue weighted by atomic mass is 19.1. The summed E-state index contributed by atoms with van der Waals surface area (Å²) in [5, 5.41) is 25.8. The van der Waals surface area contributed by atoms with Gasteiger partial charge < -0.3 is 20.8 Å². The molecule has 3 aromatic rings. The maximum atomic E-state index is 13.9. The number of carbonyl (C=O) groups excluding carboxylic acids is 2. The Bertz CT molecular complexity index is 1340. The SMILES string of the molecule is CC(CCC(O)c1cccc(C(=O)C(C(=O)c2cccc(F)c2)=C2Nc3ccccc3N2)c1)C(=O)O. The molecule has 2 unspecified atom stereocenters. The number of nitrogens with one attached hydrogen (secondary N) is 2. The molecular weight excluding hydrogens is 463 g/mol. The molecular formula is C28H25FN2O5. The molecule has 0 bridgehead atoms. The molecule has 0 saturated heterocycles. The molecule has 0 radical (unpaired) electrons. The highest BCUT2D eigenvalue weighted by molar-refractivity contribution is 6.32. The maximum absolute atomic E-state index is 13.9. The van der Waals surface area contributed by atoms with Crippen molar-refractivity contribution in [2.45, 2.75) is 25.9 Å². The van der Waals surface area contributed by atoms with Crippen LogP contribution in [0.4, 0.5) is 15.8 Å². The lowest BCUT2D eigenvalue weighted by atomic mass is 9.92. The van der Waals surface area contributed by atoms with Gasteiger partial charge in [0, 0.05) is 11.1 Å². The number of hydrogen-bond acceptors (Lipinski definition) is 6. The summed E-state index contributed by atoms with van der Waals surface area (Å²) in [7, 11) is 0. The first kappa shape index (κ1) is 24.8. The predicted molar refractivity (Wildman–Crippen MR) is 133 cm³/mol. The summed E-state index contributed by atoms with van der Waals surface area (Å²) in [5.74, 6) is -3.27. The fourth-order valence-corrected chi connectivity index (χ4v) is 3.96.